The Morgan fingerprint density at radius 3 is 2.89 bits per heavy atom. The number of rotatable bonds is 4. The average Bonchev–Trinajstić information content (AvgIpc) is 3.29. The number of anilines is 3. The minimum atomic E-state index is -0.293. The largest absolute Gasteiger partial charge is 0.382 e. The van der Waals surface area contributed by atoms with Crippen molar-refractivity contribution in [2.45, 2.75) is 13.0 Å². The van der Waals surface area contributed by atoms with Crippen molar-refractivity contribution in [3.8, 4) is 11.8 Å². The number of aromatic nitrogens is 6. The molecule has 4 heterocycles. The van der Waals surface area contributed by atoms with Gasteiger partial charge in [0.15, 0.2) is 5.82 Å². The predicted octanol–water partition coefficient (Wildman–Crippen LogP) is 2.40. The SMILES string of the molecule is C[C@H](Nc1nc(N)nc(N)c1C#N)c1cn(-c2cn[nH]c2)c2nccc(Cl)c12. The van der Waals surface area contributed by atoms with Gasteiger partial charge in [-0.25, -0.2) is 4.98 Å². The summed E-state index contributed by atoms with van der Waals surface area (Å²) in [5.41, 5.74) is 13.9. The summed E-state index contributed by atoms with van der Waals surface area (Å²) in [5, 5.41) is 20.7. The zero-order valence-electron chi connectivity index (χ0n) is 14.7. The third kappa shape index (κ3) is 2.83. The molecule has 0 spiro atoms. The first-order valence-corrected chi connectivity index (χ1v) is 8.61. The second-order valence-electron chi connectivity index (χ2n) is 6.07. The summed E-state index contributed by atoms with van der Waals surface area (Å²) in [5.74, 6) is 0.251. The molecule has 10 nitrogen and oxygen atoms in total. The van der Waals surface area contributed by atoms with Gasteiger partial charge in [-0.15, -0.1) is 0 Å². The van der Waals surface area contributed by atoms with Crippen LogP contribution in [-0.4, -0.2) is 29.7 Å². The molecule has 0 radical (unpaired) electrons. The maximum Gasteiger partial charge on any atom is 0.224 e. The van der Waals surface area contributed by atoms with Crippen molar-refractivity contribution in [3.63, 3.8) is 0 Å². The van der Waals surface area contributed by atoms with Crippen molar-refractivity contribution in [2.75, 3.05) is 16.8 Å². The number of nitrogen functional groups attached to an aromatic ring is 2. The van der Waals surface area contributed by atoms with Crippen molar-refractivity contribution >= 4 is 40.2 Å². The lowest BCUT2D eigenvalue weighted by Gasteiger charge is -2.16. The highest BCUT2D eigenvalue weighted by Gasteiger charge is 2.21. The number of nitrogens with two attached hydrogens (primary N) is 2. The molecular weight excluding hydrogens is 380 g/mol. The third-order valence-electron chi connectivity index (χ3n) is 4.31. The third-order valence-corrected chi connectivity index (χ3v) is 4.63. The lowest BCUT2D eigenvalue weighted by Crippen LogP contribution is -2.13. The van der Waals surface area contributed by atoms with E-state index in [4.69, 9.17) is 23.1 Å². The lowest BCUT2D eigenvalue weighted by molar-refractivity contribution is 0.875. The van der Waals surface area contributed by atoms with Crippen molar-refractivity contribution in [3.05, 3.63) is 47.0 Å². The minimum Gasteiger partial charge on any atom is -0.382 e. The molecular formula is C17H15ClN10. The van der Waals surface area contributed by atoms with Crippen LogP contribution < -0.4 is 16.8 Å². The molecule has 0 aliphatic heterocycles. The Hall–Kier alpha value is -3.84. The average molecular weight is 395 g/mol. The van der Waals surface area contributed by atoms with E-state index in [0.717, 1.165) is 16.6 Å². The van der Waals surface area contributed by atoms with Gasteiger partial charge in [-0.05, 0) is 13.0 Å². The molecule has 11 heteroatoms. The number of fused-ring (bicyclic) bond motifs is 1. The number of aromatic amines is 1. The normalized spacial score (nSPS) is 12.0. The number of H-pyrrole nitrogens is 1. The van der Waals surface area contributed by atoms with E-state index in [9.17, 15) is 5.26 Å². The Labute approximate surface area is 164 Å². The molecule has 0 saturated heterocycles. The Morgan fingerprint density at radius 1 is 1.36 bits per heavy atom. The topological polar surface area (TPSA) is 160 Å². The van der Waals surface area contributed by atoms with Crippen LogP contribution in [0, 0.1) is 11.3 Å². The van der Waals surface area contributed by atoms with E-state index < -0.39 is 0 Å². The van der Waals surface area contributed by atoms with Crippen LogP contribution in [0.3, 0.4) is 0 Å². The van der Waals surface area contributed by atoms with Crippen LogP contribution in [0.15, 0.2) is 30.9 Å². The lowest BCUT2D eigenvalue weighted by atomic mass is 10.1. The molecule has 0 aliphatic rings. The molecule has 4 aromatic rings. The first-order chi connectivity index (χ1) is 13.5. The molecule has 4 rings (SSSR count). The molecule has 28 heavy (non-hydrogen) atoms. The fourth-order valence-corrected chi connectivity index (χ4v) is 3.29. The molecule has 0 unspecified atom stereocenters. The zero-order chi connectivity index (χ0) is 19.8. The van der Waals surface area contributed by atoms with Crippen molar-refractivity contribution in [2.24, 2.45) is 0 Å². The van der Waals surface area contributed by atoms with E-state index in [1.54, 1.807) is 24.7 Å². The molecule has 0 amide bonds. The van der Waals surface area contributed by atoms with Gasteiger partial charge in [0.25, 0.3) is 0 Å². The number of hydrogen-bond donors (Lipinski definition) is 4. The second kappa shape index (κ2) is 6.71. The van der Waals surface area contributed by atoms with E-state index in [1.165, 1.54) is 0 Å². The number of nitrogens with one attached hydrogen (secondary N) is 2. The van der Waals surface area contributed by atoms with Crippen molar-refractivity contribution < 1.29 is 0 Å². The Morgan fingerprint density at radius 2 is 2.18 bits per heavy atom. The first kappa shape index (κ1) is 17.6. The number of nitrogens with zero attached hydrogens (tertiary/aromatic N) is 6. The molecule has 0 aromatic carbocycles. The van der Waals surface area contributed by atoms with Gasteiger partial charge in [-0.2, -0.15) is 20.3 Å². The van der Waals surface area contributed by atoms with Crippen molar-refractivity contribution in [1.29, 1.82) is 5.26 Å². The Kier molecular flexibility index (Phi) is 4.21. The fourth-order valence-electron chi connectivity index (χ4n) is 3.04. The van der Waals surface area contributed by atoms with Gasteiger partial charge >= 0.3 is 0 Å². The number of pyridine rings is 1. The number of hydrogen-bond acceptors (Lipinski definition) is 8. The highest BCUT2D eigenvalue weighted by molar-refractivity contribution is 6.35. The van der Waals surface area contributed by atoms with Crippen LogP contribution in [0.25, 0.3) is 16.7 Å². The summed E-state index contributed by atoms with van der Waals surface area (Å²) in [4.78, 5) is 12.4. The van der Waals surface area contributed by atoms with Gasteiger partial charge < -0.3 is 16.8 Å². The van der Waals surface area contributed by atoms with Gasteiger partial charge in [-0.3, -0.25) is 9.67 Å². The Bertz CT molecular complexity index is 1210. The summed E-state index contributed by atoms with van der Waals surface area (Å²) < 4.78 is 1.88. The van der Waals surface area contributed by atoms with E-state index in [-0.39, 0.29) is 29.2 Å². The predicted molar refractivity (Wildman–Crippen MR) is 106 cm³/mol. The summed E-state index contributed by atoms with van der Waals surface area (Å²) in [7, 11) is 0. The number of nitriles is 1. The van der Waals surface area contributed by atoms with E-state index in [0.29, 0.717) is 10.7 Å². The van der Waals surface area contributed by atoms with Gasteiger partial charge in [0.1, 0.15) is 23.1 Å². The summed E-state index contributed by atoms with van der Waals surface area (Å²) in [6, 6.07) is 3.43. The minimum absolute atomic E-state index is 0.0187. The van der Waals surface area contributed by atoms with Crippen LogP contribution in [0.1, 0.15) is 24.1 Å². The Balaban J connectivity index is 1.83. The monoisotopic (exact) mass is 394 g/mol. The molecule has 0 bridgehead atoms. The maximum atomic E-state index is 9.38. The highest BCUT2D eigenvalue weighted by atomic mass is 35.5. The molecule has 4 aromatic heterocycles. The van der Waals surface area contributed by atoms with Gasteiger partial charge in [0.2, 0.25) is 5.95 Å². The molecule has 0 saturated carbocycles. The van der Waals surface area contributed by atoms with Crippen LogP contribution in [0.4, 0.5) is 17.6 Å². The fraction of sp³-hybridized carbons (Fsp3) is 0.118. The van der Waals surface area contributed by atoms with E-state index in [2.05, 4.69) is 30.5 Å². The van der Waals surface area contributed by atoms with E-state index >= 15 is 0 Å². The molecule has 6 N–H and O–H groups in total. The summed E-state index contributed by atoms with van der Waals surface area (Å²) >= 11 is 6.47. The first-order valence-electron chi connectivity index (χ1n) is 8.23. The molecule has 0 fully saturated rings. The zero-order valence-corrected chi connectivity index (χ0v) is 15.4. The molecule has 1 atom stereocenters. The maximum absolute atomic E-state index is 9.38. The quantitative estimate of drug-likeness (QED) is 0.410. The highest BCUT2D eigenvalue weighted by Crippen LogP contribution is 2.34. The van der Waals surface area contributed by atoms with Gasteiger partial charge in [0.05, 0.1) is 22.9 Å². The summed E-state index contributed by atoms with van der Waals surface area (Å²) in [6.45, 7) is 1.91. The second-order valence-corrected chi connectivity index (χ2v) is 6.48. The van der Waals surface area contributed by atoms with Crippen molar-refractivity contribution in [1.82, 2.24) is 29.7 Å². The van der Waals surface area contributed by atoms with Crippen LogP contribution >= 0.6 is 11.6 Å². The van der Waals surface area contributed by atoms with E-state index in [1.807, 2.05) is 23.8 Å². The van der Waals surface area contributed by atoms with Crippen LogP contribution in [-0.2, 0) is 0 Å². The summed E-state index contributed by atoms with van der Waals surface area (Å²) in [6.07, 6.45) is 6.99. The molecule has 140 valence electrons. The van der Waals surface area contributed by atoms with Crippen LogP contribution in [0.2, 0.25) is 5.02 Å². The van der Waals surface area contributed by atoms with Gasteiger partial charge in [0, 0.05) is 29.5 Å². The smallest absolute Gasteiger partial charge is 0.224 e. The number of halogens is 1. The van der Waals surface area contributed by atoms with Crippen LogP contribution in [0.5, 0.6) is 0 Å². The molecule has 0 aliphatic carbocycles. The van der Waals surface area contributed by atoms with Gasteiger partial charge in [-0.1, -0.05) is 11.6 Å². The standard InChI is InChI=1S/C17H15ClN10/c1-8(25-15-10(4-19)14(20)26-17(21)27-15)11-7-28(9-5-23-24-6-9)16-13(11)12(18)2-3-22-16/h2-3,5-8H,1H3,(H,23,24)(H5,20,21,25,26,27)/t8-/m0/s1.